The molecule has 0 saturated carbocycles. The highest BCUT2D eigenvalue weighted by Crippen LogP contribution is 2.26. The number of aromatic nitrogens is 5. The molecule has 0 aliphatic carbocycles. The summed E-state index contributed by atoms with van der Waals surface area (Å²) in [7, 11) is 0. The zero-order chi connectivity index (χ0) is 14.9. The fraction of sp³-hybridized carbons (Fsp3) is 0.0667. The standard InChI is InChI=1S/C15H12N6O/c16-15-19-12(11-4-2-6-22-11)13-14(20-15)21(9-18-13)8-10-3-1-5-17-7-10/h1-7,9H,8H2,(H2,16,19,20). The molecule has 0 fully saturated rings. The van der Waals surface area contributed by atoms with Crippen molar-refractivity contribution in [2.75, 3.05) is 5.73 Å². The number of hydrogen-bond donors (Lipinski definition) is 1. The van der Waals surface area contributed by atoms with Crippen LogP contribution < -0.4 is 5.73 Å². The zero-order valence-electron chi connectivity index (χ0n) is 11.5. The second kappa shape index (κ2) is 4.96. The summed E-state index contributed by atoms with van der Waals surface area (Å²) in [5.41, 5.74) is 8.81. The predicted octanol–water partition coefficient (Wildman–Crippen LogP) is 2.11. The Hall–Kier alpha value is -3.22. The maximum atomic E-state index is 5.83. The van der Waals surface area contributed by atoms with Crippen molar-refractivity contribution in [1.82, 2.24) is 24.5 Å². The van der Waals surface area contributed by atoms with Crippen LogP contribution in [0.1, 0.15) is 5.56 Å². The van der Waals surface area contributed by atoms with Crippen molar-refractivity contribution in [2.45, 2.75) is 6.54 Å². The van der Waals surface area contributed by atoms with Gasteiger partial charge in [0, 0.05) is 12.4 Å². The topological polar surface area (TPSA) is 95.7 Å². The van der Waals surface area contributed by atoms with E-state index in [0.717, 1.165) is 5.56 Å². The molecule has 0 aromatic carbocycles. The quantitative estimate of drug-likeness (QED) is 0.621. The number of nitrogens with two attached hydrogens (primary N) is 1. The Kier molecular flexibility index (Phi) is 2.82. The number of fused-ring (bicyclic) bond motifs is 1. The Morgan fingerprint density at radius 2 is 2.14 bits per heavy atom. The summed E-state index contributed by atoms with van der Waals surface area (Å²) >= 11 is 0. The van der Waals surface area contributed by atoms with Crippen molar-refractivity contribution in [3.8, 4) is 11.5 Å². The van der Waals surface area contributed by atoms with E-state index in [9.17, 15) is 0 Å². The van der Waals surface area contributed by atoms with E-state index in [-0.39, 0.29) is 5.95 Å². The molecular formula is C15H12N6O. The SMILES string of the molecule is Nc1nc(-c2ccco2)c2ncn(Cc3cccnc3)c2n1. The van der Waals surface area contributed by atoms with Crippen LogP contribution in [0, 0.1) is 0 Å². The summed E-state index contributed by atoms with van der Waals surface area (Å²) in [5.74, 6) is 0.803. The van der Waals surface area contributed by atoms with Gasteiger partial charge in [-0.05, 0) is 23.8 Å². The Morgan fingerprint density at radius 3 is 2.91 bits per heavy atom. The first-order valence-corrected chi connectivity index (χ1v) is 6.72. The fourth-order valence-corrected chi connectivity index (χ4v) is 2.35. The van der Waals surface area contributed by atoms with Gasteiger partial charge in [0.15, 0.2) is 11.4 Å². The first-order chi connectivity index (χ1) is 10.8. The van der Waals surface area contributed by atoms with Gasteiger partial charge in [-0.1, -0.05) is 6.07 Å². The van der Waals surface area contributed by atoms with E-state index in [1.54, 1.807) is 24.9 Å². The number of rotatable bonds is 3. The van der Waals surface area contributed by atoms with Crippen molar-refractivity contribution >= 4 is 17.1 Å². The molecule has 4 aromatic heterocycles. The largest absolute Gasteiger partial charge is 0.463 e. The third-order valence-electron chi connectivity index (χ3n) is 3.31. The van der Waals surface area contributed by atoms with Crippen LogP contribution >= 0.6 is 0 Å². The Morgan fingerprint density at radius 1 is 1.18 bits per heavy atom. The van der Waals surface area contributed by atoms with E-state index in [1.165, 1.54) is 0 Å². The minimum absolute atomic E-state index is 0.187. The molecule has 0 aliphatic rings. The molecule has 4 rings (SSSR count). The van der Waals surface area contributed by atoms with Crippen LogP contribution in [-0.4, -0.2) is 24.5 Å². The maximum absolute atomic E-state index is 5.83. The third-order valence-corrected chi connectivity index (χ3v) is 3.31. The van der Waals surface area contributed by atoms with E-state index in [0.29, 0.717) is 29.2 Å². The molecule has 0 spiro atoms. The number of nitrogen functional groups attached to an aromatic ring is 1. The van der Waals surface area contributed by atoms with Gasteiger partial charge in [0.2, 0.25) is 5.95 Å². The van der Waals surface area contributed by atoms with Gasteiger partial charge in [-0.3, -0.25) is 4.98 Å². The lowest BCUT2D eigenvalue weighted by atomic mass is 10.2. The fourth-order valence-electron chi connectivity index (χ4n) is 2.35. The number of anilines is 1. The highest BCUT2D eigenvalue weighted by Gasteiger charge is 2.15. The molecule has 108 valence electrons. The van der Waals surface area contributed by atoms with Gasteiger partial charge in [0.25, 0.3) is 0 Å². The van der Waals surface area contributed by atoms with Gasteiger partial charge in [-0.2, -0.15) is 4.98 Å². The molecule has 4 aromatic rings. The molecule has 7 nitrogen and oxygen atoms in total. The average Bonchev–Trinajstić information content (AvgIpc) is 3.18. The smallest absolute Gasteiger partial charge is 0.222 e. The molecular weight excluding hydrogens is 280 g/mol. The summed E-state index contributed by atoms with van der Waals surface area (Å²) < 4.78 is 7.32. The second-order valence-electron chi connectivity index (χ2n) is 4.81. The molecule has 0 saturated heterocycles. The lowest BCUT2D eigenvalue weighted by Crippen LogP contribution is -2.03. The first-order valence-electron chi connectivity index (χ1n) is 6.72. The number of pyridine rings is 1. The van der Waals surface area contributed by atoms with Crippen molar-refractivity contribution in [1.29, 1.82) is 0 Å². The molecule has 0 aliphatic heterocycles. The Bertz CT molecular complexity index is 914. The van der Waals surface area contributed by atoms with Crippen LogP contribution in [0.4, 0.5) is 5.95 Å². The van der Waals surface area contributed by atoms with Gasteiger partial charge in [0.05, 0.1) is 19.1 Å². The van der Waals surface area contributed by atoms with Crippen LogP contribution in [0.5, 0.6) is 0 Å². The van der Waals surface area contributed by atoms with E-state index in [1.807, 2.05) is 29.0 Å². The van der Waals surface area contributed by atoms with Crippen LogP contribution in [0.2, 0.25) is 0 Å². The van der Waals surface area contributed by atoms with Crippen molar-refractivity contribution in [3.05, 3.63) is 54.8 Å². The highest BCUT2D eigenvalue weighted by molar-refractivity contribution is 5.86. The van der Waals surface area contributed by atoms with E-state index >= 15 is 0 Å². The molecule has 7 heteroatoms. The molecule has 22 heavy (non-hydrogen) atoms. The maximum Gasteiger partial charge on any atom is 0.222 e. The van der Waals surface area contributed by atoms with Crippen LogP contribution in [0.3, 0.4) is 0 Å². The van der Waals surface area contributed by atoms with Gasteiger partial charge in [0.1, 0.15) is 11.2 Å². The van der Waals surface area contributed by atoms with E-state index in [4.69, 9.17) is 10.2 Å². The van der Waals surface area contributed by atoms with Gasteiger partial charge >= 0.3 is 0 Å². The molecule has 4 heterocycles. The molecule has 0 unspecified atom stereocenters. The van der Waals surface area contributed by atoms with Crippen molar-refractivity contribution in [3.63, 3.8) is 0 Å². The molecule has 0 atom stereocenters. The Balaban J connectivity index is 1.85. The van der Waals surface area contributed by atoms with E-state index < -0.39 is 0 Å². The minimum Gasteiger partial charge on any atom is -0.463 e. The van der Waals surface area contributed by atoms with Crippen LogP contribution in [0.15, 0.2) is 53.7 Å². The molecule has 0 bridgehead atoms. The number of hydrogen-bond acceptors (Lipinski definition) is 6. The number of imidazole rings is 1. The Labute approximate surface area is 125 Å². The summed E-state index contributed by atoms with van der Waals surface area (Å²) in [4.78, 5) is 17.1. The monoisotopic (exact) mass is 292 g/mol. The number of nitrogens with zero attached hydrogens (tertiary/aromatic N) is 5. The summed E-state index contributed by atoms with van der Waals surface area (Å²) in [5, 5.41) is 0. The zero-order valence-corrected chi connectivity index (χ0v) is 11.5. The molecule has 0 amide bonds. The lowest BCUT2D eigenvalue weighted by Gasteiger charge is -2.05. The average molecular weight is 292 g/mol. The summed E-state index contributed by atoms with van der Waals surface area (Å²) in [6.07, 6.45) is 6.86. The van der Waals surface area contributed by atoms with Crippen LogP contribution in [-0.2, 0) is 6.54 Å². The van der Waals surface area contributed by atoms with Gasteiger partial charge in [-0.25, -0.2) is 9.97 Å². The van der Waals surface area contributed by atoms with Gasteiger partial charge < -0.3 is 14.7 Å². The minimum atomic E-state index is 0.187. The lowest BCUT2D eigenvalue weighted by molar-refractivity contribution is 0.580. The summed E-state index contributed by atoms with van der Waals surface area (Å²) in [6.45, 7) is 0.610. The first kappa shape index (κ1) is 12.5. The van der Waals surface area contributed by atoms with Crippen molar-refractivity contribution < 1.29 is 4.42 Å². The third kappa shape index (κ3) is 2.08. The van der Waals surface area contributed by atoms with Gasteiger partial charge in [-0.15, -0.1) is 0 Å². The summed E-state index contributed by atoms with van der Waals surface area (Å²) in [6, 6.07) is 7.51. The normalized spacial score (nSPS) is 11.1. The predicted molar refractivity (Wildman–Crippen MR) is 80.8 cm³/mol. The second-order valence-corrected chi connectivity index (χ2v) is 4.81. The molecule has 2 N–H and O–H groups in total. The number of furan rings is 1. The van der Waals surface area contributed by atoms with Crippen LogP contribution in [0.25, 0.3) is 22.6 Å². The van der Waals surface area contributed by atoms with Crippen molar-refractivity contribution in [2.24, 2.45) is 0 Å². The molecule has 0 radical (unpaired) electrons. The van der Waals surface area contributed by atoms with E-state index in [2.05, 4.69) is 19.9 Å². The highest BCUT2D eigenvalue weighted by atomic mass is 16.3.